The van der Waals surface area contributed by atoms with E-state index in [2.05, 4.69) is 28.7 Å². The summed E-state index contributed by atoms with van der Waals surface area (Å²) in [5.74, 6) is -0.717. The zero-order valence-electron chi connectivity index (χ0n) is 8.51. The maximum Gasteiger partial charge on any atom is 0.153 e. The minimum absolute atomic E-state index is 0.185. The molecule has 86 valence electrons. The number of alkyl halides is 1. The molecule has 0 radical (unpaired) electrons. The number of benzene rings is 1. The maximum atomic E-state index is 13.8. The Balaban J connectivity index is 2.38. The lowest BCUT2D eigenvalue weighted by molar-refractivity contribution is 0.469. The second kappa shape index (κ2) is 4.92. The molecule has 1 aromatic rings. The van der Waals surface area contributed by atoms with Crippen LogP contribution >= 0.6 is 34.2 Å². The van der Waals surface area contributed by atoms with Crippen LogP contribution in [0.5, 0.6) is 5.75 Å². The van der Waals surface area contributed by atoms with Crippen LogP contribution in [0.4, 0.5) is 4.39 Å². The second-order valence-corrected chi connectivity index (χ2v) is 6.00. The van der Waals surface area contributed by atoms with Gasteiger partial charge in [0, 0.05) is 9.49 Å². The lowest BCUT2D eigenvalue weighted by Crippen LogP contribution is -2.04. The summed E-state index contributed by atoms with van der Waals surface area (Å²) in [7, 11) is 0. The van der Waals surface area contributed by atoms with Crippen LogP contribution in [0, 0.1) is 5.82 Å². The van der Waals surface area contributed by atoms with E-state index in [4.69, 9.17) is 11.6 Å². The van der Waals surface area contributed by atoms with Gasteiger partial charge in [-0.05, 0) is 37.0 Å². The Hall–Kier alpha value is -0.290. The highest BCUT2D eigenvalue weighted by Gasteiger charge is 2.18. The van der Waals surface area contributed by atoms with Gasteiger partial charge in [0.2, 0.25) is 0 Å². The molecule has 0 amide bonds. The molecule has 0 heterocycles. The largest absolute Gasteiger partial charge is 0.506 e. The van der Waals surface area contributed by atoms with Gasteiger partial charge in [0.25, 0.3) is 0 Å². The number of phenols is 1. The Morgan fingerprint density at radius 2 is 2.19 bits per heavy atom. The van der Waals surface area contributed by atoms with Gasteiger partial charge < -0.3 is 5.11 Å². The monoisotopic (exact) mass is 352 g/mol. The third-order valence-corrected chi connectivity index (χ3v) is 4.25. The van der Waals surface area contributed by atoms with Gasteiger partial charge >= 0.3 is 0 Å². The zero-order valence-corrected chi connectivity index (χ0v) is 11.4. The quantitative estimate of drug-likeness (QED) is 0.580. The van der Waals surface area contributed by atoms with Crippen molar-refractivity contribution in [1.82, 2.24) is 0 Å². The Labute approximate surface area is 112 Å². The highest BCUT2D eigenvalue weighted by molar-refractivity contribution is 14.1. The minimum Gasteiger partial charge on any atom is -0.506 e. The van der Waals surface area contributed by atoms with E-state index in [0.717, 1.165) is 24.8 Å². The normalized spacial score (nSPS) is 20.7. The van der Waals surface area contributed by atoms with Crippen molar-refractivity contribution in [2.24, 2.45) is 0 Å². The van der Waals surface area contributed by atoms with Crippen LogP contribution in [-0.4, -0.2) is 9.03 Å². The molecule has 0 fully saturated rings. The smallest absolute Gasteiger partial charge is 0.153 e. The van der Waals surface area contributed by atoms with Crippen molar-refractivity contribution >= 4 is 39.8 Å². The van der Waals surface area contributed by atoms with Crippen molar-refractivity contribution in [2.75, 3.05) is 0 Å². The van der Waals surface area contributed by atoms with E-state index < -0.39 is 5.82 Å². The first-order valence-electron chi connectivity index (χ1n) is 5.10. The van der Waals surface area contributed by atoms with Crippen LogP contribution in [0.15, 0.2) is 18.2 Å². The summed E-state index contributed by atoms with van der Waals surface area (Å²) in [5, 5.41) is 9.09. The van der Waals surface area contributed by atoms with E-state index in [1.165, 1.54) is 6.07 Å². The summed E-state index contributed by atoms with van der Waals surface area (Å²) in [6.45, 7) is 0. The molecule has 4 heteroatoms. The molecule has 0 saturated heterocycles. The molecule has 16 heavy (non-hydrogen) atoms. The molecule has 0 spiro atoms. The van der Waals surface area contributed by atoms with Crippen LogP contribution in [0.25, 0.3) is 5.57 Å². The molecule has 1 aliphatic rings. The van der Waals surface area contributed by atoms with Gasteiger partial charge in [0.1, 0.15) is 10.8 Å². The van der Waals surface area contributed by atoms with Gasteiger partial charge in [-0.2, -0.15) is 0 Å². The molecule has 1 aromatic carbocycles. The van der Waals surface area contributed by atoms with Crippen molar-refractivity contribution in [3.8, 4) is 5.75 Å². The first-order valence-corrected chi connectivity index (χ1v) is 6.72. The van der Waals surface area contributed by atoms with Crippen molar-refractivity contribution in [2.45, 2.75) is 23.2 Å². The molecular weight excluding hydrogens is 341 g/mol. The van der Waals surface area contributed by atoms with Gasteiger partial charge in [0.15, 0.2) is 5.82 Å². The average Bonchev–Trinajstić information content (AvgIpc) is 2.28. The molecule has 2 rings (SSSR count). The number of rotatable bonds is 1. The van der Waals surface area contributed by atoms with E-state index in [-0.39, 0.29) is 10.8 Å². The van der Waals surface area contributed by atoms with E-state index in [1.54, 1.807) is 6.07 Å². The van der Waals surface area contributed by atoms with Crippen LogP contribution in [0.1, 0.15) is 24.8 Å². The van der Waals surface area contributed by atoms with Gasteiger partial charge in [-0.1, -0.05) is 40.3 Å². The molecule has 0 saturated carbocycles. The Morgan fingerprint density at radius 1 is 1.44 bits per heavy atom. The van der Waals surface area contributed by atoms with Crippen molar-refractivity contribution < 1.29 is 9.50 Å². The molecular formula is C12H11ClFIO. The molecule has 0 bridgehead atoms. The SMILES string of the molecule is Oc1ccc(C2=CCC(I)CC2)c(F)c1Cl. The third-order valence-electron chi connectivity index (χ3n) is 2.75. The van der Waals surface area contributed by atoms with Gasteiger partial charge in [-0.25, -0.2) is 4.39 Å². The predicted molar refractivity (Wildman–Crippen MR) is 72.7 cm³/mol. The van der Waals surface area contributed by atoms with Crippen molar-refractivity contribution in [3.05, 3.63) is 34.6 Å². The Bertz CT molecular complexity index is 445. The topological polar surface area (TPSA) is 20.2 Å². The molecule has 1 N–H and O–H groups in total. The van der Waals surface area contributed by atoms with Crippen LogP contribution in [-0.2, 0) is 0 Å². The Morgan fingerprint density at radius 3 is 2.81 bits per heavy atom. The number of hydrogen-bond donors (Lipinski definition) is 1. The summed E-state index contributed by atoms with van der Waals surface area (Å²) in [5.41, 5.74) is 1.51. The summed E-state index contributed by atoms with van der Waals surface area (Å²) >= 11 is 8.08. The van der Waals surface area contributed by atoms with Crippen LogP contribution in [0.3, 0.4) is 0 Å². The zero-order chi connectivity index (χ0) is 11.7. The summed E-state index contributed by atoms with van der Waals surface area (Å²) in [6.07, 6.45) is 4.95. The number of allylic oxidation sites excluding steroid dienone is 2. The van der Waals surface area contributed by atoms with E-state index in [9.17, 15) is 9.50 Å². The molecule has 1 aliphatic carbocycles. The summed E-state index contributed by atoms with van der Waals surface area (Å²) < 4.78 is 14.4. The number of halogens is 3. The van der Waals surface area contributed by atoms with Crippen LogP contribution < -0.4 is 0 Å². The fourth-order valence-electron chi connectivity index (χ4n) is 1.83. The van der Waals surface area contributed by atoms with Gasteiger partial charge in [-0.3, -0.25) is 0 Å². The maximum absolute atomic E-state index is 13.8. The first kappa shape index (κ1) is 12.2. The number of phenolic OH excluding ortho intramolecular Hbond substituents is 1. The fraction of sp³-hybridized carbons (Fsp3) is 0.333. The summed E-state index contributed by atoms with van der Waals surface area (Å²) in [6, 6.07) is 3.04. The van der Waals surface area contributed by atoms with E-state index >= 15 is 0 Å². The third kappa shape index (κ3) is 2.35. The van der Waals surface area contributed by atoms with E-state index in [0.29, 0.717) is 9.49 Å². The minimum atomic E-state index is -0.514. The standard InChI is InChI=1S/C12H11ClFIO/c13-11-10(16)6-5-9(12(11)14)7-1-3-8(15)4-2-7/h1,5-6,8,16H,2-4H2. The van der Waals surface area contributed by atoms with Crippen LogP contribution in [0.2, 0.25) is 5.02 Å². The highest BCUT2D eigenvalue weighted by Crippen LogP contribution is 2.36. The molecule has 1 atom stereocenters. The van der Waals surface area contributed by atoms with E-state index in [1.807, 2.05) is 0 Å². The van der Waals surface area contributed by atoms with Crippen molar-refractivity contribution in [3.63, 3.8) is 0 Å². The van der Waals surface area contributed by atoms with Gasteiger partial charge in [0.05, 0.1) is 0 Å². The fourth-order valence-corrected chi connectivity index (χ4v) is 2.56. The lowest BCUT2D eigenvalue weighted by Gasteiger charge is -2.18. The number of hydrogen-bond acceptors (Lipinski definition) is 1. The highest BCUT2D eigenvalue weighted by atomic mass is 127. The average molecular weight is 353 g/mol. The molecule has 1 unspecified atom stereocenters. The van der Waals surface area contributed by atoms with Gasteiger partial charge in [-0.15, -0.1) is 0 Å². The lowest BCUT2D eigenvalue weighted by atomic mass is 9.93. The Kier molecular flexibility index (Phi) is 3.74. The predicted octanol–water partition coefficient (Wildman–Crippen LogP) is 4.56. The molecule has 1 nitrogen and oxygen atoms in total. The second-order valence-electron chi connectivity index (χ2n) is 3.86. The molecule has 0 aromatic heterocycles. The summed E-state index contributed by atoms with van der Waals surface area (Å²) in [4.78, 5) is 0. The van der Waals surface area contributed by atoms with Crippen molar-refractivity contribution in [1.29, 1.82) is 0 Å². The first-order chi connectivity index (χ1) is 7.59. The molecule has 0 aliphatic heterocycles. The number of aromatic hydroxyl groups is 1.